The summed E-state index contributed by atoms with van der Waals surface area (Å²) in [4.78, 5) is 33.5. The SMILES string of the molecule is CCCC[C@@]1(C2CCCCC2)Cc2ccccc2-c2nc(SCC(=O)OCC)[nH]c(=O)c21. The van der Waals surface area contributed by atoms with E-state index in [0.717, 1.165) is 42.5 Å². The highest BCUT2D eigenvalue weighted by molar-refractivity contribution is 7.99. The summed E-state index contributed by atoms with van der Waals surface area (Å²) in [5, 5.41) is 0.492. The number of nitrogens with zero attached hydrogens (tertiary/aromatic N) is 1. The van der Waals surface area contributed by atoms with Gasteiger partial charge < -0.3 is 9.72 Å². The van der Waals surface area contributed by atoms with Gasteiger partial charge in [0.25, 0.3) is 5.56 Å². The molecule has 0 saturated heterocycles. The predicted octanol–water partition coefficient (Wildman–Crippen LogP) is 5.66. The molecule has 4 rings (SSSR count). The first-order chi connectivity index (χ1) is 15.6. The minimum Gasteiger partial charge on any atom is -0.465 e. The molecule has 2 aliphatic rings. The molecule has 0 bridgehead atoms. The van der Waals surface area contributed by atoms with E-state index in [4.69, 9.17) is 9.72 Å². The van der Waals surface area contributed by atoms with Gasteiger partial charge in [-0.15, -0.1) is 0 Å². The summed E-state index contributed by atoms with van der Waals surface area (Å²) in [5.74, 6) is 0.356. The van der Waals surface area contributed by atoms with E-state index >= 15 is 0 Å². The number of rotatable bonds is 8. The van der Waals surface area contributed by atoms with Crippen LogP contribution in [0, 0.1) is 5.92 Å². The second kappa shape index (κ2) is 10.2. The minimum atomic E-state index is -0.294. The standard InChI is InChI=1S/C26H34N2O3S/c1-3-5-15-26(19-12-7-6-8-13-19)16-18-11-9-10-14-20(18)23-22(26)24(30)28-25(27-23)32-17-21(29)31-4-2/h9-11,14,19H,3-8,12-13,15-17H2,1-2H3,(H,27,28,30)/t26-/m0/s1. The molecule has 6 heteroatoms. The van der Waals surface area contributed by atoms with Crippen LogP contribution in [-0.2, 0) is 21.4 Å². The third-order valence-electron chi connectivity index (χ3n) is 7.17. The normalized spacial score (nSPS) is 20.4. The molecule has 5 nitrogen and oxygen atoms in total. The van der Waals surface area contributed by atoms with Gasteiger partial charge in [0, 0.05) is 11.0 Å². The zero-order valence-corrected chi connectivity index (χ0v) is 20.1. The number of unbranched alkanes of at least 4 members (excludes halogenated alkanes) is 1. The first-order valence-corrected chi connectivity index (χ1v) is 13.1. The summed E-state index contributed by atoms with van der Waals surface area (Å²) in [6.07, 6.45) is 10.3. The van der Waals surface area contributed by atoms with Crippen molar-refractivity contribution < 1.29 is 9.53 Å². The number of hydrogen-bond acceptors (Lipinski definition) is 5. The summed E-state index contributed by atoms with van der Waals surface area (Å²) in [7, 11) is 0. The fourth-order valence-electron chi connectivity index (χ4n) is 5.75. The number of thioether (sulfide) groups is 1. The Balaban J connectivity index is 1.82. The van der Waals surface area contributed by atoms with Crippen LogP contribution in [0.25, 0.3) is 11.3 Å². The van der Waals surface area contributed by atoms with Gasteiger partial charge in [-0.25, -0.2) is 4.98 Å². The molecule has 0 radical (unpaired) electrons. The van der Waals surface area contributed by atoms with Gasteiger partial charge in [-0.3, -0.25) is 9.59 Å². The van der Waals surface area contributed by atoms with Crippen LogP contribution in [-0.4, -0.2) is 28.3 Å². The van der Waals surface area contributed by atoms with Crippen molar-refractivity contribution in [2.24, 2.45) is 5.92 Å². The fourth-order valence-corrected chi connectivity index (χ4v) is 6.41. The van der Waals surface area contributed by atoms with Crippen LogP contribution >= 0.6 is 11.8 Å². The maximum Gasteiger partial charge on any atom is 0.316 e. The van der Waals surface area contributed by atoms with Crippen molar-refractivity contribution in [2.45, 2.75) is 82.2 Å². The smallest absolute Gasteiger partial charge is 0.316 e. The lowest BCUT2D eigenvalue weighted by Gasteiger charge is -2.46. The molecule has 0 spiro atoms. The van der Waals surface area contributed by atoms with E-state index in [-0.39, 0.29) is 22.7 Å². The summed E-state index contributed by atoms with van der Waals surface area (Å²) in [5.41, 5.74) is 3.87. The molecule has 0 aliphatic heterocycles. The molecular formula is C26H34N2O3S. The van der Waals surface area contributed by atoms with Crippen LogP contribution in [0.3, 0.4) is 0 Å². The molecule has 1 saturated carbocycles. The third-order valence-corrected chi connectivity index (χ3v) is 8.02. The van der Waals surface area contributed by atoms with Crippen molar-refractivity contribution in [3.63, 3.8) is 0 Å². The van der Waals surface area contributed by atoms with Crippen LogP contribution in [0.4, 0.5) is 0 Å². The van der Waals surface area contributed by atoms with Gasteiger partial charge >= 0.3 is 5.97 Å². The Labute approximate surface area is 194 Å². The number of esters is 1. The van der Waals surface area contributed by atoms with E-state index < -0.39 is 0 Å². The van der Waals surface area contributed by atoms with Crippen molar-refractivity contribution in [2.75, 3.05) is 12.4 Å². The van der Waals surface area contributed by atoms with E-state index in [9.17, 15) is 9.59 Å². The van der Waals surface area contributed by atoms with Gasteiger partial charge in [-0.2, -0.15) is 0 Å². The number of carbonyl (C=O) groups is 1. The Morgan fingerprint density at radius 2 is 2.00 bits per heavy atom. The Hall–Kier alpha value is -2.08. The number of nitrogens with one attached hydrogen (secondary N) is 1. The number of carbonyl (C=O) groups excluding carboxylic acids is 1. The lowest BCUT2D eigenvalue weighted by molar-refractivity contribution is -0.139. The monoisotopic (exact) mass is 454 g/mol. The maximum atomic E-state index is 13.7. The summed E-state index contributed by atoms with van der Waals surface area (Å²) >= 11 is 1.24. The molecule has 1 N–H and O–H groups in total. The average Bonchev–Trinajstić information content (AvgIpc) is 2.82. The molecule has 1 heterocycles. The second-order valence-electron chi connectivity index (χ2n) is 9.12. The van der Waals surface area contributed by atoms with Gasteiger partial charge in [0.15, 0.2) is 5.16 Å². The molecule has 1 aromatic carbocycles. The molecule has 1 aromatic heterocycles. The molecule has 172 valence electrons. The van der Waals surface area contributed by atoms with Gasteiger partial charge in [0.05, 0.1) is 23.6 Å². The third kappa shape index (κ3) is 4.52. The van der Waals surface area contributed by atoms with Crippen LogP contribution in [0.2, 0.25) is 0 Å². The number of fused-ring (bicyclic) bond motifs is 3. The second-order valence-corrected chi connectivity index (χ2v) is 10.1. The highest BCUT2D eigenvalue weighted by Gasteiger charge is 2.47. The Kier molecular flexibility index (Phi) is 7.39. The van der Waals surface area contributed by atoms with E-state index in [2.05, 4.69) is 30.1 Å². The molecular weight excluding hydrogens is 420 g/mol. The van der Waals surface area contributed by atoms with Crippen molar-refractivity contribution in [1.82, 2.24) is 9.97 Å². The maximum absolute atomic E-state index is 13.7. The number of hydrogen-bond donors (Lipinski definition) is 1. The molecule has 0 unspecified atom stereocenters. The number of benzene rings is 1. The Bertz CT molecular complexity index is 1010. The van der Waals surface area contributed by atoms with E-state index in [1.807, 2.05) is 6.07 Å². The fraction of sp³-hybridized carbons (Fsp3) is 0.577. The van der Waals surface area contributed by atoms with Crippen LogP contribution in [0.1, 0.15) is 76.3 Å². The molecule has 32 heavy (non-hydrogen) atoms. The first kappa shape index (κ1) is 23.1. The highest BCUT2D eigenvalue weighted by atomic mass is 32.2. The number of aromatic nitrogens is 2. The van der Waals surface area contributed by atoms with Gasteiger partial charge in [0.1, 0.15) is 0 Å². The Morgan fingerprint density at radius 3 is 2.75 bits per heavy atom. The molecule has 2 aromatic rings. The summed E-state index contributed by atoms with van der Waals surface area (Å²) in [6, 6.07) is 8.41. The van der Waals surface area contributed by atoms with Crippen LogP contribution in [0.5, 0.6) is 0 Å². The van der Waals surface area contributed by atoms with Crippen LogP contribution in [0.15, 0.2) is 34.2 Å². The van der Waals surface area contributed by atoms with Crippen molar-refractivity contribution in [3.05, 3.63) is 45.7 Å². The average molecular weight is 455 g/mol. The number of aromatic amines is 1. The summed E-state index contributed by atoms with van der Waals surface area (Å²) in [6.45, 7) is 4.37. The van der Waals surface area contributed by atoms with E-state index in [1.165, 1.54) is 49.4 Å². The predicted molar refractivity (Wildman–Crippen MR) is 129 cm³/mol. The topological polar surface area (TPSA) is 72.0 Å². The van der Waals surface area contributed by atoms with E-state index in [1.54, 1.807) is 6.92 Å². The first-order valence-electron chi connectivity index (χ1n) is 12.1. The number of ether oxygens (including phenoxy) is 1. The van der Waals surface area contributed by atoms with Gasteiger partial charge in [-0.05, 0) is 44.1 Å². The number of H-pyrrole nitrogens is 1. The lowest BCUT2D eigenvalue weighted by atomic mass is 9.57. The van der Waals surface area contributed by atoms with Crippen molar-refractivity contribution in [3.8, 4) is 11.3 Å². The summed E-state index contributed by atoms with van der Waals surface area (Å²) < 4.78 is 5.04. The zero-order chi connectivity index (χ0) is 22.6. The zero-order valence-electron chi connectivity index (χ0n) is 19.2. The van der Waals surface area contributed by atoms with Gasteiger partial charge in [0.2, 0.25) is 0 Å². The molecule has 2 aliphatic carbocycles. The Morgan fingerprint density at radius 1 is 1.22 bits per heavy atom. The highest BCUT2D eigenvalue weighted by Crippen LogP contribution is 2.51. The van der Waals surface area contributed by atoms with Gasteiger partial charge in [-0.1, -0.05) is 75.1 Å². The van der Waals surface area contributed by atoms with Crippen molar-refractivity contribution in [1.29, 1.82) is 0 Å². The lowest BCUT2D eigenvalue weighted by Crippen LogP contribution is -2.45. The van der Waals surface area contributed by atoms with Crippen LogP contribution < -0.4 is 5.56 Å². The largest absolute Gasteiger partial charge is 0.465 e. The van der Waals surface area contributed by atoms with E-state index in [0.29, 0.717) is 17.7 Å². The minimum absolute atomic E-state index is 0.0301. The quantitative estimate of drug-likeness (QED) is 0.317. The molecule has 1 fully saturated rings. The molecule has 1 atom stereocenters. The molecule has 0 amide bonds. The van der Waals surface area contributed by atoms with Crippen molar-refractivity contribution >= 4 is 17.7 Å².